The van der Waals surface area contributed by atoms with Crippen LogP contribution in [0, 0.1) is 17.0 Å². The van der Waals surface area contributed by atoms with Gasteiger partial charge >= 0.3 is 0 Å². The molecule has 2 aromatic carbocycles. The maximum absolute atomic E-state index is 12.5. The number of sulfonamides is 1. The lowest BCUT2D eigenvalue weighted by Crippen LogP contribution is -2.23. The van der Waals surface area contributed by atoms with Crippen molar-refractivity contribution < 1.29 is 18.1 Å². The fourth-order valence-electron chi connectivity index (χ4n) is 2.55. The molecule has 2 N–H and O–H groups in total. The molecule has 162 valence electrons. The van der Waals surface area contributed by atoms with E-state index in [2.05, 4.69) is 15.0 Å². The Kier molecular flexibility index (Phi) is 7.05. The van der Waals surface area contributed by atoms with Crippen LogP contribution in [-0.4, -0.2) is 31.3 Å². The highest BCUT2D eigenvalue weighted by molar-refractivity contribution is 8.01. The van der Waals surface area contributed by atoms with E-state index >= 15 is 0 Å². The van der Waals surface area contributed by atoms with E-state index in [1.54, 1.807) is 12.1 Å². The molecule has 0 atom stereocenters. The van der Waals surface area contributed by atoms with E-state index in [4.69, 9.17) is 0 Å². The minimum atomic E-state index is -3.53. The summed E-state index contributed by atoms with van der Waals surface area (Å²) < 4.78 is 26.4. The summed E-state index contributed by atoms with van der Waals surface area (Å²) in [6.45, 7) is 1.98. The van der Waals surface area contributed by atoms with Gasteiger partial charge in [-0.1, -0.05) is 23.9 Å². The molecule has 0 aliphatic carbocycles. The number of benzene rings is 2. The van der Waals surface area contributed by atoms with Gasteiger partial charge in [0.2, 0.25) is 10.0 Å². The van der Waals surface area contributed by atoms with Crippen LogP contribution in [0.3, 0.4) is 0 Å². The van der Waals surface area contributed by atoms with Crippen LogP contribution < -0.4 is 10.0 Å². The lowest BCUT2D eigenvalue weighted by molar-refractivity contribution is -0.387. The second-order valence-corrected chi connectivity index (χ2v) is 10.4. The number of aryl methyl sites for hydroxylation is 1. The Hall–Kier alpha value is -2.80. The predicted octanol–water partition coefficient (Wildman–Crippen LogP) is 3.35. The van der Waals surface area contributed by atoms with Gasteiger partial charge in [-0.2, -0.15) is 0 Å². The highest BCUT2D eigenvalue weighted by Crippen LogP contribution is 2.36. The van der Waals surface area contributed by atoms with Crippen molar-refractivity contribution in [2.24, 2.45) is 0 Å². The van der Waals surface area contributed by atoms with Crippen LogP contribution >= 0.6 is 23.1 Å². The van der Waals surface area contributed by atoms with E-state index in [0.717, 1.165) is 5.69 Å². The van der Waals surface area contributed by atoms with Crippen LogP contribution in [0.25, 0.3) is 0 Å². The van der Waals surface area contributed by atoms with Crippen molar-refractivity contribution in [3.63, 3.8) is 0 Å². The monoisotopic (exact) mass is 478 g/mol. The average molecular weight is 479 g/mol. The van der Waals surface area contributed by atoms with Crippen molar-refractivity contribution in [2.45, 2.75) is 27.6 Å². The Bertz CT molecular complexity index is 1220. The first-order valence-corrected chi connectivity index (χ1v) is 12.1. The number of carbonyl (C=O) groups is 1. The predicted molar refractivity (Wildman–Crippen MR) is 118 cm³/mol. The Balaban J connectivity index is 1.71. The minimum absolute atomic E-state index is 0.115. The zero-order valence-electron chi connectivity index (χ0n) is 16.5. The van der Waals surface area contributed by atoms with Gasteiger partial charge in [0.15, 0.2) is 4.34 Å². The van der Waals surface area contributed by atoms with E-state index in [-0.39, 0.29) is 22.7 Å². The van der Waals surface area contributed by atoms with Gasteiger partial charge in [0.05, 0.1) is 14.7 Å². The number of nitro groups is 1. The van der Waals surface area contributed by atoms with E-state index in [9.17, 15) is 23.3 Å². The van der Waals surface area contributed by atoms with Gasteiger partial charge in [-0.15, -0.1) is 11.3 Å². The fraction of sp³-hybridized carbons (Fsp3) is 0.158. The molecule has 3 aromatic rings. The number of aromatic nitrogens is 1. The summed E-state index contributed by atoms with van der Waals surface area (Å²) in [5.41, 5.74) is 1.50. The largest absolute Gasteiger partial charge is 0.348 e. The number of thiazole rings is 1. The molecule has 1 aromatic heterocycles. The van der Waals surface area contributed by atoms with Gasteiger partial charge in [-0.3, -0.25) is 14.9 Å². The van der Waals surface area contributed by atoms with Crippen LogP contribution in [0.1, 0.15) is 21.6 Å². The van der Waals surface area contributed by atoms with Crippen molar-refractivity contribution in [3.05, 3.63) is 74.8 Å². The summed E-state index contributed by atoms with van der Waals surface area (Å²) in [4.78, 5) is 28.3. The number of nitrogens with one attached hydrogen (secondary N) is 2. The molecule has 12 heteroatoms. The molecule has 1 amide bonds. The molecule has 0 unspecified atom stereocenters. The highest BCUT2D eigenvalue weighted by atomic mass is 32.2. The third-order valence-corrected chi connectivity index (χ3v) is 7.72. The summed E-state index contributed by atoms with van der Waals surface area (Å²) in [5.74, 6) is -0.475. The zero-order valence-corrected chi connectivity index (χ0v) is 18.9. The quantitative estimate of drug-likeness (QED) is 0.375. The third kappa shape index (κ3) is 5.67. The summed E-state index contributed by atoms with van der Waals surface area (Å²) in [6, 6.07) is 10.3. The van der Waals surface area contributed by atoms with Crippen LogP contribution in [0.4, 0.5) is 5.69 Å². The molecule has 0 bridgehead atoms. The molecule has 0 saturated heterocycles. The number of amides is 1. The first kappa shape index (κ1) is 22.9. The van der Waals surface area contributed by atoms with E-state index < -0.39 is 20.9 Å². The van der Waals surface area contributed by atoms with Crippen molar-refractivity contribution in [1.82, 2.24) is 15.0 Å². The number of hydrogen-bond donors (Lipinski definition) is 2. The Labute approximate surface area is 187 Å². The van der Waals surface area contributed by atoms with E-state index in [1.807, 2.05) is 12.3 Å². The summed E-state index contributed by atoms with van der Waals surface area (Å²) in [5, 5.41) is 16.0. The number of nitro benzene ring substituents is 1. The second-order valence-electron chi connectivity index (χ2n) is 6.33. The van der Waals surface area contributed by atoms with E-state index in [0.29, 0.717) is 14.8 Å². The molecule has 0 radical (unpaired) electrons. The summed E-state index contributed by atoms with van der Waals surface area (Å²) in [7, 11) is -2.21. The lowest BCUT2D eigenvalue weighted by Gasteiger charge is -2.08. The first-order chi connectivity index (χ1) is 14.7. The third-order valence-electron chi connectivity index (χ3n) is 4.17. The average Bonchev–Trinajstić information content (AvgIpc) is 3.17. The SMILES string of the molecule is CNS(=O)(=O)c1ccc(CNC(=O)c2ccc(Sc3nc(C)cs3)c([N+](=O)[O-])c2)cc1. The molecular formula is C19H18N4O5S3. The zero-order chi connectivity index (χ0) is 22.6. The molecule has 0 aliphatic rings. The van der Waals surface area contributed by atoms with Gasteiger partial charge in [0.1, 0.15) is 0 Å². The van der Waals surface area contributed by atoms with Gasteiger partial charge in [-0.05, 0) is 43.8 Å². The molecule has 31 heavy (non-hydrogen) atoms. The van der Waals surface area contributed by atoms with Gasteiger partial charge in [0, 0.05) is 29.2 Å². The number of nitrogens with zero attached hydrogens (tertiary/aromatic N) is 2. The van der Waals surface area contributed by atoms with Crippen LogP contribution in [0.15, 0.2) is 62.0 Å². The normalized spacial score (nSPS) is 11.3. The molecule has 3 rings (SSSR count). The van der Waals surface area contributed by atoms with E-state index in [1.165, 1.54) is 60.5 Å². The van der Waals surface area contributed by atoms with Gasteiger partial charge < -0.3 is 5.32 Å². The molecule has 0 spiro atoms. The molecule has 0 fully saturated rings. The Morgan fingerprint density at radius 1 is 1.23 bits per heavy atom. The molecule has 1 heterocycles. The second kappa shape index (κ2) is 9.56. The van der Waals surface area contributed by atoms with Crippen molar-refractivity contribution in [3.8, 4) is 0 Å². The lowest BCUT2D eigenvalue weighted by atomic mass is 10.1. The van der Waals surface area contributed by atoms with Crippen molar-refractivity contribution >= 4 is 44.7 Å². The number of hydrogen-bond acceptors (Lipinski definition) is 8. The topological polar surface area (TPSA) is 131 Å². The van der Waals surface area contributed by atoms with Crippen molar-refractivity contribution in [1.29, 1.82) is 0 Å². The van der Waals surface area contributed by atoms with Crippen LogP contribution in [0.2, 0.25) is 0 Å². The van der Waals surface area contributed by atoms with Gasteiger partial charge in [-0.25, -0.2) is 18.1 Å². The van der Waals surface area contributed by atoms with Crippen molar-refractivity contribution in [2.75, 3.05) is 7.05 Å². The smallest absolute Gasteiger partial charge is 0.284 e. The molecule has 0 aliphatic heterocycles. The minimum Gasteiger partial charge on any atom is -0.348 e. The van der Waals surface area contributed by atoms with Crippen LogP contribution in [-0.2, 0) is 16.6 Å². The summed E-state index contributed by atoms with van der Waals surface area (Å²) >= 11 is 2.57. The van der Waals surface area contributed by atoms with Gasteiger partial charge in [0.25, 0.3) is 11.6 Å². The maximum atomic E-state index is 12.5. The first-order valence-electron chi connectivity index (χ1n) is 8.88. The number of rotatable bonds is 8. The molecule has 9 nitrogen and oxygen atoms in total. The Morgan fingerprint density at radius 3 is 2.52 bits per heavy atom. The molecular weight excluding hydrogens is 460 g/mol. The van der Waals surface area contributed by atoms with Crippen LogP contribution in [0.5, 0.6) is 0 Å². The standard InChI is InChI=1S/C19H18N4O5S3/c1-12-11-29-19(22-12)30-17-8-5-14(9-16(17)23(25)26)18(24)21-10-13-3-6-15(7-4-13)31(27,28)20-2/h3-9,11,20H,10H2,1-2H3,(H,21,24). The Morgan fingerprint density at radius 2 is 1.94 bits per heavy atom. The summed E-state index contributed by atoms with van der Waals surface area (Å²) in [6.07, 6.45) is 0. The number of carbonyl (C=O) groups excluding carboxylic acids is 1. The highest BCUT2D eigenvalue weighted by Gasteiger charge is 2.19. The maximum Gasteiger partial charge on any atom is 0.284 e. The fourth-order valence-corrected chi connectivity index (χ4v) is 5.16. The molecule has 0 saturated carbocycles.